The van der Waals surface area contributed by atoms with Gasteiger partial charge in [0.05, 0.1) is 29.1 Å². The lowest BCUT2D eigenvalue weighted by Gasteiger charge is -2.34. The summed E-state index contributed by atoms with van der Waals surface area (Å²) >= 11 is 12.4. The first-order valence-corrected chi connectivity index (χ1v) is 15.7. The summed E-state index contributed by atoms with van der Waals surface area (Å²) in [5.41, 5.74) is 1.74. The van der Waals surface area contributed by atoms with Crippen LogP contribution < -0.4 is 14.4 Å². The Morgan fingerprint density at radius 2 is 1.66 bits per heavy atom. The van der Waals surface area contributed by atoms with E-state index in [0.29, 0.717) is 27.8 Å². The van der Waals surface area contributed by atoms with E-state index >= 15 is 0 Å². The maximum atomic E-state index is 14.1. The Morgan fingerprint density at radius 3 is 2.27 bits per heavy atom. The molecule has 8 nitrogen and oxygen atoms in total. The largest absolute Gasteiger partial charge is 0.497 e. The third-order valence-electron chi connectivity index (χ3n) is 6.63. The zero-order valence-corrected chi connectivity index (χ0v) is 25.8. The molecule has 1 N–H and O–H groups in total. The van der Waals surface area contributed by atoms with E-state index in [4.69, 9.17) is 27.9 Å². The summed E-state index contributed by atoms with van der Waals surface area (Å²) in [4.78, 5) is 29.2. The Balaban J connectivity index is 2.08. The maximum absolute atomic E-state index is 14.1. The van der Waals surface area contributed by atoms with Crippen LogP contribution in [0.1, 0.15) is 31.4 Å². The molecule has 3 aromatic carbocycles. The maximum Gasteiger partial charge on any atom is 0.244 e. The summed E-state index contributed by atoms with van der Waals surface area (Å²) in [5.74, 6) is -0.473. The number of hydrogen-bond acceptors (Lipinski definition) is 5. The highest BCUT2D eigenvalue weighted by molar-refractivity contribution is 7.92. The van der Waals surface area contributed by atoms with Crippen molar-refractivity contribution < 1.29 is 22.7 Å². The van der Waals surface area contributed by atoms with Gasteiger partial charge in [-0.3, -0.25) is 13.9 Å². The first-order valence-electron chi connectivity index (χ1n) is 13.1. The first kappa shape index (κ1) is 32.2. The third-order valence-corrected chi connectivity index (χ3v) is 8.51. The highest BCUT2D eigenvalue weighted by Crippen LogP contribution is 2.26. The van der Waals surface area contributed by atoms with Gasteiger partial charge in [-0.05, 0) is 48.7 Å². The fourth-order valence-corrected chi connectivity index (χ4v) is 5.37. The van der Waals surface area contributed by atoms with Crippen molar-refractivity contribution in [1.29, 1.82) is 0 Å². The average Bonchev–Trinajstić information content (AvgIpc) is 2.95. The van der Waals surface area contributed by atoms with Gasteiger partial charge in [0.2, 0.25) is 21.8 Å². The normalized spacial score (nSPS) is 12.7. The fourth-order valence-electron chi connectivity index (χ4n) is 4.21. The fraction of sp³-hybridized carbons (Fsp3) is 0.333. The monoisotopic (exact) mass is 619 g/mol. The highest BCUT2D eigenvalue weighted by atomic mass is 35.5. The van der Waals surface area contributed by atoms with E-state index in [9.17, 15) is 18.0 Å². The highest BCUT2D eigenvalue weighted by Gasteiger charge is 2.33. The van der Waals surface area contributed by atoms with Crippen LogP contribution >= 0.6 is 23.2 Å². The van der Waals surface area contributed by atoms with Crippen molar-refractivity contribution in [2.24, 2.45) is 0 Å². The predicted octanol–water partition coefficient (Wildman–Crippen LogP) is 5.32. The van der Waals surface area contributed by atoms with Gasteiger partial charge in [-0.2, -0.15) is 0 Å². The van der Waals surface area contributed by atoms with Gasteiger partial charge >= 0.3 is 0 Å². The van der Waals surface area contributed by atoms with Crippen molar-refractivity contribution in [3.63, 3.8) is 0 Å². The van der Waals surface area contributed by atoms with Gasteiger partial charge in [-0.15, -0.1) is 0 Å². The number of nitrogens with one attached hydrogen (secondary N) is 1. The van der Waals surface area contributed by atoms with Gasteiger partial charge in [-0.25, -0.2) is 8.42 Å². The molecule has 0 bridgehead atoms. The molecule has 0 aliphatic rings. The molecule has 0 saturated carbocycles. The van der Waals surface area contributed by atoms with Crippen LogP contribution in [0.5, 0.6) is 5.75 Å². The van der Waals surface area contributed by atoms with E-state index in [1.807, 2.05) is 44.2 Å². The topological polar surface area (TPSA) is 96.0 Å². The van der Waals surface area contributed by atoms with Crippen molar-refractivity contribution in [3.05, 3.63) is 94.0 Å². The van der Waals surface area contributed by atoms with E-state index in [-0.39, 0.29) is 30.6 Å². The van der Waals surface area contributed by atoms with Crippen LogP contribution in [-0.4, -0.2) is 57.1 Å². The quantitative estimate of drug-likeness (QED) is 0.279. The molecule has 0 heterocycles. The van der Waals surface area contributed by atoms with Crippen LogP contribution in [0.25, 0.3) is 0 Å². The summed E-state index contributed by atoms with van der Waals surface area (Å²) in [6.07, 6.45) is 1.94. The van der Waals surface area contributed by atoms with E-state index in [2.05, 4.69) is 5.32 Å². The number of rotatable bonds is 13. The Labute approximate surface area is 252 Å². The Morgan fingerprint density at radius 1 is 0.951 bits per heavy atom. The summed E-state index contributed by atoms with van der Waals surface area (Å²) in [6.45, 7) is 3.30. The second kappa shape index (κ2) is 14.6. The standard InChI is InChI=1S/C30H35Cl2N3O5S/c1-5-21(2)33-30(37)28(17-22-10-7-6-8-11-22)34(19-23-14-15-26(31)27(32)16-23)29(36)20-35(41(4,38)39)24-12-9-13-25(18-24)40-3/h6-16,18,21,28H,5,17,19-20H2,1-4H3,(H,33,37). The molecule has 0 radical (unpaired) electrons. The van der Waals surface area contributed by atoms with Crippen molar-refractivity contribution in [2.75, 3.05) is 24.2 Å². The number of ether oxygens (including phenoxy) is 1. The zero-order chi connectivity index (χ0) is 30.2. The van der Waals surface area contributed by atoms with Gasteiger partial charge in [0.25, 0.3) is 0 Å². The molecule has 2 unspecified atom stereocenters. The number of sulfonamides is 1. The van der Waals surface area contributed by atoms with Crippen molar-refractivity contribution in [2.45, 2.75) is 45.3 Å². The van der Waals surface area contributed by atoms with E-state index in [1.165, 1.54) is 18.1 Å². The minimum atomic E-state index is -3.89. The van der Waals surface area contributed by atoms with Crippen LogP contribution in [0.3, 0.4) is 0 Å². The molecule has 3 aromatic rings. The number of carbonyl (C=O) groups is 2. The summed E-state index contributed by atoms with van der Waals surface area (Å²) in [7, 11) is -2.42. The van der Waals surface area contributed by atoms with Crippen LogP contribution in [0.4, 0.5) is 5.69 Å². The number of halogens is 2. The molecule has 3 rings (SSSR count). The molecular weight excluding hydrogens is 585 g/mol. The van der Waals surface area contributed by atoms with Crippen molar-refractivity contribution >= 4 is 50.7 Å². The second-order valence-electron chi connectivity index (χ2n) is 9.76. The number of benzene rings is 3. The molecule has 2 amide bonds. The van der Waals surface area contributed by atoms with Gasteiger partial charge in [0.1, 0.15) is 18.3 Å². The minimum absolute atomic E-state index is 0.00311. The van der Waals surface area contributed by atoms with Crippen molar-refractivity contribution in [1.82, 2.24) is 10.2 Å². The summed E-state index contributed by atoms with van der Waals surface area (Å²) < 4.78 is 32.1. The first-order chi connectivity index (χ1) is 19.4. The SMILES string of the molecule is CCC(C)NC(=O)C(Cc1ccccc1)N(Cc1ccc(Cl)c(Cl)c1)C(=O)CN(c1cccc(OC)c1)S(C)(=O)=O. The van der Waals surface area contributed by atoms with Gasteiger partial charge in [0, 0.05) is 25.1 Å². The predicted molar refractivity (Wildman–Crippen MR) is 164 cm³/mol. The van der Waals surface area contributed by atoms with Crippen LogP contribution in [-0.2, 0) is 32.6 Å². The molecule has 0 aliphatic carbocycles. The van der Waals surface area contributed by atoms with Crippen molar-refractivity contribution in [3.8, 4) is 5.75 Å². The minimum Gasteiger partial charge on any atom is -0.497 e. The van der Waals surface area contributed by atoms with Gasteiger partial charge < -0.3 is 15.0 Å². The number of hydrogen-bond donors (Lipinski definition) is 1. The van der Waals surface area contributed by atoms with E-state index in [1.54, 1.807) is 36.4 Å². The Bertz CT molecular complexity index is 1450. The number of nitrogens with zero attached hydrogens (tertiary/aromatic N) is 2. The molecule has 2 atom stereocenters. The average molecular weight is 621 g/mol. The molecule has 0 saturated heterocycles. The molecule has 11 heteroatoms. The van der Waals surface area contributed by atoms with Crippen LogP contribution in [0.15, 0.2) is 72.8 Å². The molecule has 220 valence electrons. The third kappa shape index (κ3) is 9.11. The van der Waals surface area contributed by atoms with E-state index < -0.39 is 28.5 Å². The van der Waals surface area contributed by atoms with Gasteiger partial charge in [0.15, 0.2) is 0 Å². The smallest absolute Gasteiger partial charge is 0.244 e. The number of carbonyl (C=O) groups excluding carboxylic acids is 2. The second-order valence-corrected chi connectivity index (χ2v) is 12.5. The molecule has 0 aliphatic heterocycles. The lowest BCUT2D eigenvalue weighted by molar-refractivity contribution is -0.140. The van der Waals surface area contributed by atoms with Gasteiger partial charge in [-0.1, -0.05) is 72.6 Å². The molecule has 0 aromatic heterocycles. The zero-order valence-electron chi connectivity index (χ0n) is 23.5. The van der Waals surface area contributed by atoms with E-state index in [0.717, 1.165) is 16.1 Å². The lowest BCUT2D eigenvalue weighted by atomic mass is 10.0. The summed E-state index contributed by atoms with van der Waals surface area (Å²) in [6, 6.07) is 19.7. The molecule has 0 fully saturated rings. The molecular formula is C30H35Cl2N3O5S. The van der Waals surface area contributed by atoms with Crippen LogP contribution in [0, 0.1) is 0 Å². The number of amides is 2. The molecule has 41 heavy (non-hydrogen) atoms. The molecule has 0 spiro atoms. The number of anilines is 1. The summed E-state index contributed by atoms with van der Waals surface area (Å²) in [5, 5.41) is 3.65. The lowest BCUT2D eigenvalue weighted by Crippen LogP contribution is -2.54. The Kier molecular flexibility index (Phi) is 11.5. The number of methoxy groups -OCH3 is 1. The van der Waals surface area contributed by atoms with Crippen LogP contribution in [0.2, 0.25) is 10.0 Å². The Hall–Kier alpha value is -3.27.